The number of H-pyrrole nitrogens is 1. The van der Waals surface area contributed by atoms with Crippen molar-refractivity contribution < 1.29 is 4.79 Å². The van der Waals surface area contributed by atoms with Gasteiger partial charge in [-0.2, -0.15) is 0 Å². The van der Waals surface area contributed by atoms with E-state index in [1.54, 1.807) is 11.3 Å². The minimum absolute atomic E-state index is 0.0173. The predicted molar refractivity (Wildman–Crippen MR) is 88.7 cm³/mol. The molecule has 2 aromatic rings. The van der Waals surface area contributed by atoms with E-state index in [1.165, 1.54) is 16.8 Å². The molecule has 6 nitrogen and oxygen atoms in total. The second kappa shape index (κ2) is 5.49. The zero-order valence-corrected chi connectivity index (χ0v) is 13.9. The summed E-state index contributed by atoms with van der Waals surface area (Å²) in [7, 11) is 0. The normalized spacial score (nSPS) is 21.8. The molecule has 23 heavy (non-hydrogen) atoms. The molecule has 1 aliphatic rings. The fourth-order valence-electron chi connectivity index (χ4n) is 3.12. The van der Waals surface area contributed by atoms with Crippen molar-refractivity contribution >= 4 is 17.2 Å². The van der Waals surface area contributed by atoms with Crippen molar-refractivity contribution in [2.75, 3.05) is 6.54 Å². The van der Waals surface area contributed by atoms with E-state index in [-0.39, 0.29) is 29.0 Å². The zero-order chi connectivity index (χ0) is 16.7. The lowest BCUT2D eigenvalue weighted by atomic mass is 9.93. The van der Waals surface area contributed by atoms with E-state index in [1.807, 2.05) is 17.5 Å². The Hall–Kier alpha value is -2.15. The van der Waals surface area contributed by atoms with Crippen molar-refractivity contribution in [3.8, 4) is 0 Å². The Labute approximate surface area is 137 Å². The lowest BCUT2D eigenvalue weighted by Crippen LogP contribution is -2.40. The van der Waals surface area contributed by atoms with Crippen LogP contribution in [0.5, 0.6) is 0 Å². The maximum atomic E-state index is 12.7. The van der Waals surface area contributed by atoms with Crippen LogP contribution in [0.4, 0.5) is 0 Å². The molecule has 1 saturated carbocycles. The Balaban J connectivity index is 1.69. The Morgan fingerprint density at radius 2 is 2.09 bits per heavy atom. The van der Waals surface area contributed by atoms with E-state index >= 15 is 0 Å². The van der Waals surface area contributed by atoms with Crippen molar-refractivity contribution in [3.05, 3.63) is 55.2 Å². The van der Waals surface area contributed by atoms with Gasteiger partial charge >= 0.3 is 0 Å². The molecule has 2 heterocycles. The first-order valence-electron chi connectivity index (χ1n) is 7.49. The van der Waals surface area contributed by atoms with Crippen LogP contribution in [0.2, 0.25) is 0 Å². The molecule has 1 aliphatic carbocycles. The van der Waals surface area contributed by atoms with Crippen LogP contribution in [0.1, 0.15) is 25.1 Å². The van der Waals surface area contributed by atoms with E-state index in [0.29, 0.717) is 6.54 Å². The van der Waals surface area contributed by atoms with E-state index in [0.717, 1.165) is 11.3 Å². The van der Waals surface area contributed by atoms with Crippen LogP contribution in [0, 0.1) is 5.41 Å². The summed E-state index contributed by atoms with van der Waals surface area (Å²) in [5.41, 5.74) is -1.18. The molecular formula is C16H19N3O3S. The van der Waals surface area contributed by atoms with E-state index < -0.39 is 5.41 Å². The van der Waals surface area contributed by atoms with Crippen LogP contribution in [-0.4, -0.2) is 22.2 Å². The Morgan fingerprint density at radius 1 is 1.35 bits per heavy atom. The molecule has 1 fully saturated rings. The SMILES string of the molecule is CC1(C)C[C@]1(C(=O)NCCn1[nH]c(=O)ccc1=O)c1cccs1. The molecule has 0 unspecified atom stereocenters. The standard InChI is InChI=1S/C16H19N3O3S/c1-15(2)10-16(15,11-4-3-9-23-11)14(22)17-7-8-19-13(21)6-5-12(20)18-19/h3-6,9H,7-8,10H2,1-2H3,(H,17,22)(H,18,20)/t16-/m1/s1. The summed E-state index contributed by atoms with van der Waals surface area (Å²) in [6.45, 7) is 4.71. The molecule has 0 saturated heterocycles. The number of nitrogens with zero attached hydrogens (tertiary/aromatic N) is 1. The zero-order valence-electron chi connectivity index (χ0n) is 13.1. The summed E-state index contributed by atoms with van der Waals surface area (Å²) in [5, 5.41) is 7.34. The summed E-state index contributed by atoms with van der Waals surface area (Å²) in [5.74, 6) is -0.0173. The number of rotatable bonds is 5. The molecule has 3 rings (SSSR count). The fourth-order valence-corrected chi connectivity index (χ4v) is 4.22. The van der Waals surface area contributed by atoms with Crippen LogP contribution in [0.15, 0.2) is 39.2 Å². The van der Waals surface area contributed by atoms with Crippen molar-refractivity contribution in [2.45, 2.75) is 32.2 Å². The highest BCUT2D eigenvalue weighted by atomic mass is 32.1. The second-order valence-electron chi connectivity index (χ2n) is 6.50. The molecule has 2 aromatic heterocycles. The summed E-state index contributed by atoms with van der Waals surface area (Å²) in [4.78, 5) is 36.7. The Morgan fingerprint density at radius 3 is 2.70 bits per heavy atom. The van der Waals surface area contributed by atoms with Crippen molar-refractivity contribution in [1.82, 2.24) is 15.1 Å². The highest BCUT2D eigenvalue weighted by Crippen LogP contribution is 2.65. The second-order valence-corrected chi connectivity index (χ2v) is 7.45. The Bertz CT molecular complexity index is 835. The summed E-state index contributed by atoms with van der Waals surface area (Å²) >= 11 is 1.59. The lowest BCUT2D eigenvalue weighted by Gasteiger charge is -2.19. The quantitative estimate of drug-likeness (QED) is 0.859. The van der Waals surface area contributed by atoms with Gasteiger partial charge in [0.2, 0.25) is 5.91 Å². The highest BCUT2D eigenvalue weighted by molar-refractivity contribution is 7.10. The molecule has 1 amide bonds. The summed E-state index contributed by atoms with van der Waals surface area (Å²) in [6.07, 6.45) is 0.814. The highest BCUT2D eigenvalue weighted by Gasteiger charge is 2.67. The minimum Gasteiger partial charge on any atom is -0.353 e. The van der Waals surface area contributed by atoms with Crippen molar-refractivity contribution in [2.24, 2.45) is 5.41 Å². The largest absolute Gasteiger partial charge is 0.353 e. The van der Waals surface area contributed by atoms with E-state index in [4.69, 9.17) is 0 Å². The van der Waals surface area contributed by atoms with Crippen molar-refractivity contribution in [1.29, 1.82) is 0 Å². The number of thiophene rings is 1. The third-order valence-electron chi connectivity index (χ3n) is 4.58. The van der Waals surface area contributed by atoms with Gasteiger partial charge in [-0.25, -0.2) is 4.68 Å². The van der Waals surface area contributed by atoms with Crippen LogP contribution < -0.4 is 16.4 Å². The fraction of sp³-hybridized carbons (Fsp3) is 0.438. The lowest BCUT2D eigenvalue weighted by molar-refractivity contribution is -0.124. The number of nitrogens with one attached hydrogen (secondary N) is 2. The van der Waals surface area contributed by atoms with Crippen LogP contribution in [0.3, 0.4) is 0 Å². The molecular weight excluding hydrogens is 314 g/mol. The van der Waals surface area contributed by atoms with Gasteiger partial charge in [0.15, 0.2) is 0 Å². The monoisotopic (exact) mass is 333 g/mol. The number of hydrogen-bond donors (Lipinski definition) is 2. The Kier molecular flexibility index (Phi) is 3.75. The molecule has 7 heteroatoms. The molecule has 0 bridgehead atoms. The maximum absolute atomic E-state index is 12.7. The van der Waals surface area contributed by atoms with Gasteiger partial charge in [0.1, 0.15) is 0 Å². The number of hydrogen-bond acceptors (Lipinski definition) is 4. The van der Waals surface area contributed by atoms with Gasteiger partial charge in [-0.1, -0.05) is 19.9 Å². The molecule has 0 aliphatic heterocycles. The molecule has 2 N–H and O–H groups in total. The van der Waals surface area contributed by atoms with Gasteiger partial charge in [0.25, 0.3) is 11.1 Å². The van der Waals surface area contributed by atoms with Crippen LogP contribution in [0.25, 0.3) is 0 Å². The van der Waals surface area contributed by atoms with Gasteiger partial charge in [0, 0.05) is 23.6 Å². The maximum Gasteiger partial charge on any atom is 0.265 e. The van der Waals surface area contributed by atoms with Crippen LogP contribution >= 0.6 is 11.3 Å². The molecule has 1 atom stereocenters. The van der Waals surface area contributed by atoms with Crippen LogP contribution in [-0.2, 0) is 16.8 Å². The van der Waals surface area contributed by atoms with Gasteiger partial charge in [-0.05, 0) is 23.3 Å². The number of carbonyl (C=O) groups is 1. The minimum atomic E-state index is -0.476. The van der Waals surface area contributed by atoms with E-state index in [2.05, 4.69) is 24.3 Å². The van der Waals surface area contributed by atoms with Gasteiger partial charge < -0.3 is 5.32 Å². The summed E-state index contributed by atoms with van der Waals surface area (Å²) in [6, 6.07) is 6.36. The van der Waals surface area contributed by atoms with Gasteiger partial charge in [-0.15, -0.1) is 11.3 Å². The number of carbonyl (C=O) groups excluding carboxylic acids is 1. The molecule has 0 radical (unpaired) electrons. The van der Waals surface area contributed by atoms with Crippen molar-refractivity contribution in [3.63, 3.8) is 0 Å². The van der Waals surface area contributed by atoms with E-state index in [9.17, 15) is 14.4 Å². The first kappa shape index (κ1) is 15.7. The average molecular weight is 333 g/mol. The third-order valence-corrected chi connectivity index (χ3v) is 5.61. The first-order valence-corrected chi connectivity index (χ1v) is 8.37. The van der Waals surface area contributed by atoms with Gasteiger partial charge in [0.05, 0.1) is 12.0 Å². The number of amides is 1. The topological polar surface area (TPSA) is 84.0 Å². The number of aromatic amines is 1. The molecule has 0 spiro atoms. The van der Waals surface area contributed by atoms with Gasteiger partial charge in [-0.3, -0.25) is 19.5 Å². The molecule has 122 valence electrons. The third kappa shape index (κ3) is 2.65. The smallest absolute Gasteiger partial charge is 0.265 e. The number of aromatic nitrogens is 2. The first-order chi connectivity index (χ1) is 10.9. The average Bonchev–Trinajstić information content (AvgIpc) is 2.89. The predicted octanol–water partition coefficient (Wildman–Crippen LogP) is 1.08. The summed E-state index contributed by atoms with van der Waals surface area (Å²) < 4.78 is 1.21. The molecule has 0 aromatic carbocycles.